The minimum absolute atomic E-state index is 0.975. The molecule has 0 saturated heterocycles. The summed E-state index contributed by atoms with van der Waals surface area (Å²) in [4.78, 5) is 0. The molecule has 0 unspecified atom stereocenters. The van der Waals surface area contributed by atoms with Gasteiger partial charge < -0.3 is 8.98 Å². The molecule has 0 bridgehead atoms. The van der Waals surface area contributed by atoms with Gasteiger partial charge in [0.25, 0.3) is 0 Å². The lowest BCUT2D eigenvalue weighted by Crippen LogP contribution is -1.99. The van der Waals surface area contributed by atoms with Crippen molar-refractivity contribution in [1.29, 1.82) is 0 Å². The zero-order chi connectivity index (χ0) is 28.2. The lowest BCUT2D eigenvalue weighted by Gasteiger charge is -2.15. The molecule has 0 atom stereocenters. The molecule has 0 saturated carbocycles. The maximum absolute atomic E-state index is 6.41. The fourth-order valence-corrected chi connectivity index (χ4v) is 7.76. The maximum Gasteiger partial charge on any atom is 0.138 e. The van der Waals surface area contributed by atoms with Gasteiger partial charge in [0.15, 0.2) is 0 Å². The largest absolute Gasteiger partial charge is 0.456 e. The van der Waals surface area contributed by atoms with Gasteiger partial charge in [-0.3, -0.25) is 0 Å². The standard InChI is InChI=1S/C41H27NO/c1-24-12-20-33-35(22-24)42(36-23-28-14-13-26-6-4-7-27-17-21-34(40(33)36)39(28)38(26)27)29-18-15-25(16-19-29)30-9-5-10-32-31-8-2-3-11-37(31)43-41(30)32/h2-4,6-9,11-23H,5,10H2,1H3. The number of allylic oxidation sites excluding steroid dienone is 1. The van der Waals surface area contributed by atoms with Crippen molar-refractivity contribution in [2.24, 2.45) is 0 Å². The Morgan fingerprint density at radius 2 is 1.40 bits per heavy atom. The predicted molar refractivity (Wildman–Crippen MR) is 181 cm³/mol. The Balaban J connectivity index is 1.21. The average Bonchev–Trinajstić information content (AvgIpc) is 3.59. The number of hydrogen-bond donors (Lipinski definition) is 0. The van der Waals surface area contributed by atoms with Gasteiger partial charge in [-0.25, -0.2) is 0 Å². The number of benzene rings is 7. The normalized spacial score (nSPS) is 13.7. The van der Waals surface area contributed by atoms with E-state index >= 15 is 0 Å². The number of furan rings is 1. The molecule has 7 aromatic carbocycles. The van der Waals surface area contributed by atoms with Crippen molar-refractivity contribution in [3.8, 4) is 5.69 Å². The topological polar surface area (TPSA) is 18.1 Å². The third-order valence-corrected chi connectivity index (χ3v) is 9.65. The Morgan fingerprint density at radius 1 is 0.605 bits per heavy atom. The average molecular weight is 550 g/mol. The smallest absolute Gasteiger partial charge is 0.138 e. The van der Waals surface area contributed by atoms with Crippen molar-refractivity contribution >= 4 is 70.7 Å². The molecule has 1 aliphatic carbocycles. The summed E-state index contributed by atoms with van der Waals surface area (Å²) in [7, 11) is 0. The highest BCUT2D eigenvalue weighted by Gasteiger charge is 2.22. The summed E-state index contributed by atoms with van der Waals surface area (Å²) in [6, 6.07) is 42.6. The van der Waals surface area contributed by atoms with Crippen LogP contribution >= 0.6 is 0 Å². The number of aryl methyl sites for hydroxylation is 2. The van der Waals surface area contributed by atoms with E-state index in [0.717, 1.165) is 24.2 Å². The van der Waals surface area contributed by atoms with E-state index in [9.17, 15) is 0 Å². The fourth-order valence-electron chi connectivity index (χ4n) is 7.76. The second-order valence-electron chi connectivity index (χ2n) is 12.1. The molecule has 0 fully saturated rings. The molecule has 1 aliphatic rings. The zero-order valence-electron chi connectivity index (χ0n) is 23.8. The SMILES string of the molecule is Cc1ccc2c3c4ccc5cccc6ccc(cc3n(-c3ccc(C7=CCCc8c7oc7ccccc87)cc3)c2c1)c4c65. The number of fused-ring (bicyclic) bond motifs is 7. The van der Waals surface area contributed by atoms with Crippen molar-refractivity contribution in [3.63, 3.8) is 0 Å². The number of para-hydroxylation sites is 1. The first-order chi connectivity index (χ1) is 21.2. The van der Waals surface area contributed by atoms with Gasteiger partial charge in [-0.1, -0.05) is 91.0 Å². The van der Waals surface area contributed by atoms with Crippen molar-refractivity contribution in [2.45, 2.75) is 19.8 Å². The predicted octanol–water partition coefficient (Wildman–Crippen LogP) is 11.1. The van der Waals surface area contributed by atoms with Crippen LogP contribution in [-0.2, 0) is 6.42 Å². The molecule has 9 aromatic rings. The van der Waals surface area contributed by atoms with Gasteiger partial charge in [-0.15, -0.1) is 0 Å². The van der Waals surface area contributed by atoms with Crippen molar-refractivity contribution in [3.05, 3.63) is 144 Å². The number of aromatic nitrogens is 1. The van der Waals surface area contributed by atoms with Crippen LogP contribution in [0.5, 0.6) is 0 Å². The Morgan fingerprint density at radius 3 is 2.28 bits per heavy atom. The second-order valence-corrected chi connectivity index (χ2v) is 12.1. The van der Waals surface area contributed by atoms with E-state index in [2.05, 4.69) is 133 Å². The Labute approximate surface area is 248 Å². The van der Waals surface area contributed by atoms with Gasteiger partial charge in [0.1, 0.15) is 11.3 Å². The monoisotopic (exact) mass is 549 g/mol. The molecule has 202 valence electrons. The van der Waals surface area contributed by atoms with E-state index in [1.165, 1.54) is 87.5 Å². The molecule has 0 spiro atoms. The molecule has 0 amide bonds. The number of hydrogen-bond acceptors (Lipinski definition) is 1. The lowest BCUT2D eigenvalue weighted by atomic mass is 9.91. The van der Waals surface area contributed by atoms with Crippen LogP contribution < -0.4 is 0 Å². The summed E-state index contributed by atoms with van der Waals surface area (Å²) in [6.07, 6.45) is 4.39. The number of rotatable bonds is 2. The molecule has 2 aromatic heterocycles. The van der Waals surface area contributed by atoms with Gasteiger partial charge >= 0.3 is 0 Å². The Hall–Kier alpha value is -5.34. The number of nitrogens with zero attached hydrogens (tertiary/aromatic N) is 1. The first-order valence-corrected chi connectivity index (χ1v) is 15.2. The van der Waals surface area contributed by atoms with E-state index in [1.54, 1.807) is 0 Å². The summed E-state index contributed by atoms with van der Waals surface area (Å²) in [5.41, 5.74) is 9.63. The van der Waals surface area contributed by atoms with Crippen LogP contribution in [0.2, 0.25) is 0 Å². The Bertz CT molecular complexity index is 2590. The first-order valence-electron chi connectivity index (χ1n) is 15.2. The van der Waals surface area contributed by atoms with E-state index in [-0.39, 0.29) is 0 Å². The zero-order valence-corrected chi connectivity index (χ0v) is 23.8. The highest BCUT2D eigenvalue weighted by atomic mass is 16.3. The van der Waals surface area contributed by atoms with Gasteiger partial charge in [0.05, 0.1) is 11.0 Å². The molecule has 0 radical (unpaired) electrons. The highest BCUT2D eigenvalue weighted by molar-refractivity contribution is 6.33. The van der Waals surface area contributed by atoms with Crippen LogP contribution in [0.3, 0.4) is 0 Å². The Kier molecular flexibility index (Phi) is 4.52. The molecular weight excluding hydrogens is 522 g/mol. The molecule has 0 aliphatic heterocycles. The molecule has 0 N–H and O–H groups in total. The summed E-state index contributed by atoms with van der Waals surface area (Å²) in [5.74, 6) is 1.02. The van der Waals surface area contributed by atoms with Gasteiger partial charge in [0, 0.05) is 33.0 Å². The van der Waals surface area contributed by atoms with Crippen molar-refractivity contribution < 1.29 is 4.42 Å². The molecule has 43 heavy (non-hydrogen) atoms. The third-order valence-electron chi connectivity index (χ3n) is 9.65. The molecule has 2 heteroatoms. The van der Waals surface area contributed by atoms with Crippen LogP contribution in [0.25, 0.3) is 76.4 Å². The van der Waals surface area contributed by atoms with E-state index in [4.69, 9.17) is 4.42 Å². The van der Waals surface area contributed by atoms with Gasteiger partial charge in [0.2, 0.25) is 0 Å². The summed E-state index contributed by atoms with van der Waals surface area (Å²) in [5, 5.41) is 11.8. The molecule has 10 rings (SSSR count). The third kappa shape index (κ3) is 3.13. The second kappa shape index (κ2) is 8.36. The van der Waals surface area contributed by atoms with E-state index in [0.29, 0.717) is 0 Å². The highest BCUT2D eigenvalue weighted by Crippen LogP contribution is 2.44. The van der Waals surface area contributed by atoms with E-state index in [1.807, 2.05) is 0 Å². The fraction of sp³-hybridized carbons (Fsp3) is 0.0732. The lowest BCUT2D eigenvalue weighted by molar-refractivity contribution is 0.591. The van der Waals surface area contributed by atoms with Crippen molar-refractivity contribution in [1.82, 2.24) is 4.57 Å². The summed E-state index contributed by atoms with van der Waals surface area (Å²) in [6.45, 7) is 2.19. The van der Waals surface area contributed by atoms with Crippen LogP contribution in [-0.4, -0.2) is 4.57 Å². The summed E-state index contributed by atoms with van der Waals surface area (Å²) >= 11 is 0. The molecule has 2 heterocycles. The van der Waals surface area contributed by atoms with Gasteiger partial charge in [-0.2, -0.15) is 0 Å². The van der Waals surface area contributed by atoms with Crippen LogP contribution in [0, 0.1) is 6.92 Å². The van der Waals surface area contributed by atoms with Gasteiger partial charge in [-0.05, 0) is 93.5 Å². The molecule has 2 nitrogen and oxygen atoms in total. The summed E-state index contributed by atoms with van der Waals surface area (Å²) < 4.78 is 8.87. The van der Waals surface area contributed by atoms with Crippen molar-refractivity contribution in [2.75, 3.05) is 0 Å². The quantitative estimate of drug-likeness (QED) is 0.196. The van der Waals surface area contributed by atoms with Crippen LogP contribution in [0.4, 0.5) is 0 Å². The van der Waals surface area contributed by atoms with E-state index < -0.39 is 0 Å². The minimum Gasteiger partial charge on any atom is -0.456 e. The first kappa shape index (κ1) is 23.2. The van der Waals surface area contributed by atoms with Crippen LogP contribution in [0.1, 0.15) is 28.9 Å². The molecular formula is C41H27NO. The van der Waals surface area contributed by atoms with Crippen LogP contribution in [0.15, 0.2) is 126 Å². The minimum atomic E-state index is 0.975. The maximum atomic E-state index is 6.41.